The first-order valence-corrected chi connectivity index (χ1v) is 17.5. The van der Waals surface area contributed by atoms with Crippen LogP contribution in [0.4, 0.5) is 4.79 Å². The van der Waals surface area contributed by atoms with Crippen molar-refractivity contribution in [3.63, 3.8) is 0 Å². The van der Waals surface area contributed by atoms with Gasteiger partial charge in [-0.1, -0.05) is 56.3 Å². The number of H-pyrrole nitrogens is 2. The predicted octanol–water partition coefficient (Wildman–Crippen LogP) is 6.35. The first-order chi connectivity index (χ1) is 23.7. The largest absolute Gasteiger partial charge is 0.453 e. The second-order valence-corrected chi connectivity index (χ2v) is 13.9. The fourth-order valence-electron chi connectivity index (χ4n) is 7.77. The summed E-state index contributed by atoms with van der Waals surface area (Å²) in [6.07, 6.45) is 7.73. The lowest BCUT2D eigenvalue weighted by molar-refractivity contribution is -0.135. The van der Waals surface area contributed by atoms with Gasteiger partial charge in [-0.15, -0.1) is 0 Å². The molecule has 2 aromatic heterocycles. The van der Waals surface area contributed by atoms with Gasteiger partial charge in [0.1, 0.15) is 17.7 Å². The highest BCUT2D eigenvalue weighted by Crippen LogP contribution is 2.38. The average Bonchev–Trinajstić information content (AvgIpc) is 3.92. The zero-order valence-corrected chi connectivity index (χ0v) is 28.7. The van der Waals surface area contributed by atoms with Gasteiger partial charge in [-0.3, -0.25) is 9.59 Å². The van der Waals surface area contributed by atoms with Gasteiger partial charge in [0.05, 0.1) is 36.8 Å². The van der Waals surface area contributed by atoms with Crippen LogP contribution >= 0.6 is 0 Å². The van der Waals surface area contributed by atoms with Crippen LogP contribution in [0.3, 0.4) is 0 Å². The van der Waals surface area contributed by atoms with Gasteiger partial charge in [0.25, 0.3) is 0 Å². The summed E-state index contributed by atoms with van der Waals surface area (Å²) in [7, 11) is 1.31. The van der Waals surface area contributed by atoms with Crippen LogP contribution in [0, 0.1) is 5.92 Å². The van der Waals surface area contributed by atoms with E-state index >= 15 is 0 Å². The third kappa shape index (κ3) is 6.34. The number of benzene rings is 2. The minimum atomic E-state index is -0.665. The number of hydrogen-bond donors (Lipinski definition) is 3. The van der Waals surface area contributed by atoms with E-state index < -0.39 is 12.1 Å². The van der Waals surface area contributed by atoms with Gasteiger partial charge in [-0.05, 0) is 73.1 Å². The van der Waals surface area contributed by atoms with E-state index in [1.807, 2.05) is 29.8 Å². The summed E-state index contributed by atoms with van der Waals surface area (Å²) in [6.45, 7) is 6.88. The number of nitrogens with zero attached hydrogens (tertiary/aromatic N) is 4. The van der Waals surface area contributed by atoms with Crippen LogP contribution in [0.2, 0.25) is 0 Å². The van der Waals surface area contributed by atoms with Gasteiger partial charge >= 0.3 is 6.09 Å². The Morgan fingerprint density at radius 3 is 2.29 bits per heavy atom. The number of fused-ring (bicyclic) bond motifs is 3. The number of alkyl carbamates (subject to hydrolysis) is 1. The molecule has 3 N–H and O–H groups in total. The smallest absolute Gasteiger partial charge is 0.407 e. The fraction of sp³-hybridized carbons (Fsp3) is 0.447. The van der Waals surface area contributed by atoms with Crippen LogP contribution in [0.15, 0.2) is 48.7 Å². The van der Waals surface area contributed by atoms with E-state index in [2.05, 4.69) is 62.7 Å². The number of ether oxygens (including phenoxy) is 1. The minimum absolute atomic E-state index is 0.0170. The van der Waals surface area contributed by atoms with Crippen molar-refractivity contribution in [1.82, 2.24) is 35.1 Å². The predicted molar refractivity (Wildman–Crippen MR) is 186 cm³/mol. The Morgan fingerprint density at radius 2 is 1.57 bits per heavy atom. The zero-order chi connectivity index (χ0) is 34.2. The molecule has 256 valence electrons. The number of likely N-dealkylation sites (tertiary alicyclic amines) is 2. The van der Waals surface area contributed by atoms with E-state index in [-0.39, 0.29) is 29.8 Å². The number of hydrogen-bond acceptors (Lipinski definition) is 6. The molecule has 49 heavy (non-hydrogen) atoms. The van der Waals surface area contributed by atoms with Crippen molar-refractivity contribution < 1.29 is 19.1 Å². The Balaban J connectivity index is 1.10. The number of aromatic nitrogens is 4. The Kier molecular flexibility index (Phi) is 9.00. The minimum Gasteiger partial charge on any atom is -0.453 e. The molecule has 4 heterocycles. The van der Waals surface area contributed by atoms with Crippen molar-refractivity contribution in [2.75, 3.05) is 20.2 Å². The molecule has 2 aliphatic heterocycles. The topological polar surface area (TPSA) is 136 Å². The molecule has 3 aliphatic rings. The lowest BCUT2D eigenvalue weighted by Gasteiger charge is -2.30. The summed E-state index contributed by atoms with van der Waals surface area (Å²) in [4.78, 5) is 58.4. The molecule has 2 aromatic carbocycles. The number of imidazole rings is 2. The number of carbonyl (C=O) groups excluding carboxylic acids is 3. The first-order valence-electron chi connectivity index (χ1n) is 17.5. The molecule has 0 spiro atoms. The molecule has 0 radical (unpaired) electrons. The van der Waals surface area contributed by atoms with Gasteiger partial charge < -0.3 is 29.8 Å². The zero-order valence-electron chi connectivity index (χ0n) is 28.7. The van der Waals surface area contributed by atoms with Crippen LogP contribution in [-0.2, 0) is 27.2 Å². The number of rotatable bonds is 7. The van der Waals surface area contributed by atoms with E-state index in [0.29, 0.717) is 6.54 Å². The Hall–Kier alpha value is -4.93. The quantitative estimate of drug-likeness (QED) is 0.211. The SMILES string of the molecule is COC(=O)N[C@H](C(=O)N1CCCC1c1nc2c([nH]1)CCCc1cc(-c3ccc(-c4cnc([C@@H]5CCCN5C(C)=O)[nH]4)cc3)ccc1-2)C(C)C. The third-order valence-electron chi connectivity index (χ3n) is 10.4. The van der Waals surface area contributed by atoms with Crippen molar-refractivity contribution in [3.8, 4) is 33.6 Å². The highest BCUT2D eigenvalue weighted by molar-refractivity contribution is 5.86. The van der Waals surface area contributed by atoms with E-state index in [4.69, 9.17) is 9.72 Å². The first kappa shape index (κ1) is 32.6. The lowest BCUT2D eigenvalue weighted by Crippen LogP contribution is -2.51. The van der Waals surface area contributed by atoms with E-state index in [1.54, 1.807) is 6.92 Å². The van der Waals surface area contributed by atoms with Crippen LogP contribution < -0.4 is 5.32 Å². The summed E-state index contributed by atoms with van der Waals surface area (Å²) in [5.74, 6) is 1.56. The molecule has 11 nitrogen and oxygen atoms in total. The maximum absolute atomic E-state index is 13.7. The fourth-order valence-corrected chi connectivity index (χ4v) is 7.77. The van der Waals surface area contributed by atoms with E-state index in [0.717, 1.165) is 102 Å². The van der Waals surface area contributed by atoms with Crippen LogP contribution in [0.5, 0.6) is 0 Å². The standard InChI is InChI=1S/C38H45N7O4/c1-22(2)33(43-38(48)49-4)37(47)45-19-7-11-32(45)36-40-29-9-5-8-27-20-26(16-17-28(27)34(29)42-36)24-12-14-25(15-13-24)30-21-39-35(41-30)31-10-6-18-44(31)23(3)46/h12-17,20-22,31-33H,5-11,18-19H2,1-4H3,(H,39,41)(H,40,42)(H,43,48)/t31-,32?,33-/m0/s1. The Labute approximate surface area is 286 Å². The normalized spacial score (nSPS) is 19.4. The molecule has 7 rings (SSSR count). The van der Waals surface area contributed by atoms with Crippen molar-refractivity contribution in [2.45, 2.75) is 83.8 Å². The number of methoxy groups -OCH3 is 1. The van der Waals surface area contributed by atoms with Crippen LogP contribution in [0.25, 0.3) is 33.6 Å². The maximum atomic E-state index is 13.7. The number of nitrogens with one attached hydrogen (secondary N) is 3. The summed E-state index contributed by atoms with van der Waals surface area (Å²) in [5.41, 5.74) is 8.78. The monoisotopic (exact) mass is 663 g/mol. The Morgan fingerprint density at radius 1 is 0.878 bits per heavy atom. The summed E-state index contributed by atoms with van der Waals surface area (Å²) in [6, 6.07) is 14.4. The van der Waals surface area contributed by atoms with Gasteiger partial charge in [0, 0.05) is 31.3 Å². The third-order valence-corrected chi connectivity index (χ3v) is 10.4. The van der Waals surface area contributed by atoms with E-state index in [9.17, 15) is 14.4 Å². The average molecular weight is 664 g/mol. The lowest BCUT2D eigenvalue weighted by atomic mass is 9.95. The highest BCUT2D eigenvalue weighted by atomic mass is 16.5. The van der Waals surface area contributed by atoms with Gasteiger partial charge in [0.15, 0.2) is 0 Å². The molecule has 2 fully saturated rings. The van der Waals surface area contributed by atoms with Crippen LogP contribution in [0.1, 0.15) is 87.9 Å². The van der Waals surface area contributed by atoms with E-state index in [1.165, 1.54) is 12.7 Å². The Bertz CT molecular complexity index is 1860. The second-order valence-electron chi connectivity index (χ2n) is 13.9. The molecule has 1 unspecified atom stereocenters. The number of carbonyl (C=O) groups is 3. The van der Waals surface area contributed by atoms with Crippen molar-refractivity contribution in [1.29, 1.82) is 0 Å². The summed E-state index contributed by atoms with van der Waals surface area (Å²) in [5, 5.41) is 2.73. The molecular formula is C38H45N7O4. The van der Waals surface area contributed by atoms with Gasteiger partial charge in [-0.2, -0.15) is 0 Å². The number of amides is 3. The van der Waals surface area contributed by atoms with Crippen molar-refractivity contribution in [2.24, 2.45) is 5.92 Å². The second kappa shape index (κ2) is 13.5. The number of aromatic amines is 2. The highest BCUT2D eigenvalue weighted by Gasteiger charge is 2.38. The molecule has 1 aliphatic carbocycles. The van der Waals surface area contributed by atoms with Crippen molar-refractivity contribution in [3.05, 3.63) is 71.6 Å². The molecular weight excluding hydrogens is 618 g/mol. The van der Waals surface area contributed by atoms with Gasteiger partial charge in [0.2, 0.25) is 11.8 Å². The molecule has 3 amide bonds. The maximum Gasteiger partial charge on any atom is 0.407 e. The summed E-state index contributed by atoms with van der Waals surface area (Å²) < 4.78 is 4.79. The molecule has 3 atom stereocenters. The number of aryl methyl sites for hydroxylation is 2. The summed E-state index contributed by atoms with van der Waals surface area (Å²) >= 11 is 0. The molecule has 11 heteroatoms. The molecule has 4 aromatic rings. The van der Waals surface area contributed by atoms with Crippen LogP contribution in [-0.4, -0.2) is 73.9 Å². The van der Waals surface area contributed by atoms with Crippen molar-refractivity contribution >= 4 is 17.9 Å². The molecule has 2 saturated heterocycles. The molecule has 0 bridgehead atoms. The van der Waals surface area contributed by atoms with Gasteiger partial charge in [-0.25, -0.2) is 14.8 Å². The molecule has 0 saturated carbocycles.